The standard InChI is InChI=1S/C29H24N2O5/c1-3-18-35-24-15-8-21(9-16-24)28(32)31-30-19-26-25-7-5-4-6-20(25)12-17-27(26)36-29(33)22-10-13-23(34-2)14-11-22/h3-17,19H,1,18H2,2H3,(H,31,32)/b30-19+. The summed E-state index contributed by atoms with van der Waals surface area (Å²) in [5.41, 5.74) is 3.87. The summed E-state index contributed by atoms with van der Waals surface area (Å²) < 4.78 is 16.3. The number of benzene rings is 4. The smallest absolute Gasteiger partial charge is 0.343 e. The largest absolute Gasteiger partial charge is 0.497 e. The molecule has 0 aliphatic carbocycles. The number of amides is 1. The van der Waals surface area contributed by atoms with Gasteiger partial charge in [-0.25, -0.2) is 10.2 Å². The zero-order valence-corrected chi connectivity index (χ0v) is 19.6. The summed E-state index contributed by atoms with van der Waals surface area (Å²) in [6.07, 6.45) is 3.11. The maximum Gasteiger partial charge on any atom is 0.343 e. The van der Waals surface area contributed by atoms with Crippen molar-refractivity contribution in [3.05, 3.63) is 114 Å². The molecule has 0 aliphatic heterocycles. The second-order valence-electron chi connectivity index (χ2n) is 7.64. The monoisotopic (exact) mass is 480 g/mol. The molecule has 0 atom stereocenters. The van der Waals surface area contributed by atoms with Crippen molar-refractivity contribution in [2.24, 2.45) is 5.10 Å². The first-order valence-electron chi connectivity index (χ1n) is 11.1. The van der Waals surface area contributed by atoms with E-state index in [1.807, 2.05) is 30.3 Å². The zero-order valence-electron chi connectivity index (χ0n) is 19.6. The van der Waals surface area contributed by atoms with Crippen molar-refractivity contribution in [2.45, 2.75) is 0 Å². The number of hydrogen-bond donors (Lipinski definition) is 1. The Kier molecular flexibility index (Phi) is 7.73. The van der Waals surface area contributed by atoms with Crippen molar-refractivity contribution in [3.8, 4) is 17.2 Å². The van der Waals surface area contributed by atoms with E-state index in [2.05, 4.69) is 17.1 Å². The summed E-state index contributed by atoms with van der Waals surface area (Å²) in [6, 6.07) is 24.5. The van der Waals surface area contributed by atoms with Crippen LogP contribution in [0.5, 0.6) is 17.2 Å². The number of methoxy groups -OCH3 is 1. The van der Waals surface area contributed by atoms with Gasteiger partial charge in [-0.1, -0.05) is 43.0 Å². The molecule has 4 aromatic rings. The lowest BCUT2D eigenvalue weighted by atomic mass is 10.0. The Labute approximate surface area is 208 Å². The van der Waals surface area contributed by atoms with Crippen molar-refractivity contribution >= 4 is 28.9 Å². The first kappa shape index (κ1) is 24.2. The SMILES string of the molecule is C=CCOc1ccc(C(=O)N/N=C/c2c(OC(=O)c3ccc(OC)cc3)ccc3ccccc23)cc1. The van der Waals surface area contributed by atoms with Crippen LogP contribution in [0.3, 0.4) is 0 Å². The van der Waals surface area contributed by atoms with E-state index in [1.165, 1.54) is 6.21 Å². The van der Waals surface area contributed by atoms with Crippen LogP contribution in [0.1, 0.15) is 26.3 Å². The number of fused-ring (bicyclic) bond motifs is 1. The van der Waals surface area contributed by atoms with Crippen LogP contribution < -0.4 is 19.6 Å². The van der Waals surface area contributed by atoms with E-state index in [1.54, 1.807) is 67.8 Å². The van der Waals surface area contributed by atoms with Gasteiger partial charge < -0.3 is 14.2 Å². The molecule has 0 saturated carbocycles. The zero-order chi connectivity index (χ0) is 25.3. The van der Waals surface area contributed by atoms with Gasteiger partial charge in [0.25, 0.3) is 5.91 Å². The Hall–Kier alpha value is -4.91. The minimum atomic E-state index is -0.523. The van der Waals surface area contributed by atoms with Crippen LogP contribution in [0, 0.1) is 0 Å². The molecular formula is C29H24N2O5. The van der Waals surface area contributed by atoms with Crippen LogP contribution in [0.15, 0.2) is 103 Å². The summed E-state index contributed by atoms with van der Waals surface area (Å²) >= 11 is 0. The van der Waals surface area contributed by atoms with Gasteiger partial charge >= 0.3 is 5.97 Å². The predicted octanol–water partition coefficient (Wildman–Crippen LogP) is 5.40. The van der Waals surface area contributed by atoms with Gasteiger partial charge in [0.1, 0.15) is 23.9 Å². The number of nitrogens with one attached hydrogen (secondary N) is 1. The van der Waals surface area contributed by atoms with Gasteiger partial charge in [-0.05, 0) is 65.4 Å². The maximum absolute atomic E-state index is 12.8. The normalized spacial score (nSPS) is 10.7. The summed E-state index contributed by atoms with van der Waals surface area (Å²) in [7, 11) is 1.56. The van der Waals surface area contributed by atoms with Gasteiger partial charge in [0.05, 0.1) is 18.9 Å². The lowest BCUT2D eigenvalue weighted by Gasteiger charge is -2.11. The molecule has 0 spiro atoms. The number of hydrogen-bond acceptors (Lipinski definition) is 6. The van der Waals surface area contributed by atoms with Crippen LogP contribution in [-0.4, -0.2) is 31.8 Å². The predicted molar refractivity (Wildman–Crippen MR) is 139 cm³/mol. The number of ether oxygens (including phenoxy) is 3. The van der Waals surface area contributed by atoms with Gasteiger partial charge in [-0.2, -0.15) is 5.10 Å². The molecule has 1 N–H and O–H groups in total. The molecule has 0 radical (unpaired) electrons. The van der Waals surface area contributed by atoms with E-state index in [9.17, 15) is 9.59 Å². The van der Waals surface area contributed by atoms with E-state index in [-0.39, 0.29) is 0 Å². The Morgan fingerprint density at radius 2 is 1.58 bits per heavy atom. The molecule has 0 aliphatic rings. The third-order valence-corrected chi connectivity index (χ3v) is 5.30. The first-order valence-corrected chi connectivity index (χ1v) is 11.1. The van der Waals surface area contributed by atoms with Crippen LogP contribution in [-0.2, 0) is 0 Å². The highest BCUT2D eigenvalue weighted by Gasteiger charge is 2.14. The third-order valence-electron chi connectivity index (χ3n) is 5.30. The topological polar surface area (TPSA) is 86.2 Å². The average molecular weight is 481 g/mol. The number of nitrogens with zero attached hydrogens (tertiary/aromatic N) is 1. The molecule has 180 valence electrons. The molecule has 0 unspecified atom stereocenters. The highest BCUT2D eigenvalue weighted by atomic mass is 16.5. The fourth-order valence-corrected chi connectivity index (χ4v) is 3.46. The lowest BCUT2D eigenvalue weighted by Crippen LogP contribution is -2.17. The number of esters is 1. The molecule has 1 amide bonds. The summed E-state index contributed by atoms with van der Waals surface area (Å²) in [5.74, 6) is 0.675. The third kappa shape index (κ3) is 5.77. The van der Waals surface area contributed by atoms with E-state index in [0.29, 0.717) is 40.5 Å². The Balaban J connectivity index is 1.54. The van der Waals surface area contributed by atoms with Crippen molar-refractivity contribution in [2.75, 3.05) is 13.7 Å². The molecular weight excluding hydrogens is 456 g/mol. The molecule has 0 fully saturated rings. The number of carbonyl (C=O) groups excluding carboxylic acids is 2. The molecule has 4 aromatic carbocycles. The van der Waals surface area contributed by atoms with E-state index < -0.39 is 11.9 Å². The second kappa shape index (κ2) is 11.5. The fraction of sp³-hybridized carbons (Fsp3) is 0.0690. The number of rotatable bonds is 9. The molecule has 0 aromatic heterocycles. The van der Waals surface area contributed by atoms with E-state index >= 15 is 0 Å². The minimum absolute atomic E-state index is 0.316. The molecule has 7 heteroatoms. The van der Waals surface area contributed by atoms with Crippen LogP contribution in [0.25, 0.3) is 10.8 Å². The van der Waals surface area contributed by atoms with E-state index in [4.69, 9.17) is 14.2 Å². The van der Waals surface area contributed by atoms with Crippen molar-refractivity contribution in [1.82, 2.24) is 5.43 Å². The van der Waals surface area contributed by atoms with Gasteiger partial charge in [0.15, 0.2) is 0 Å². The Morgan fingerprint density at radius 3 is 2.31 bits per heavy atom. The van der Waals surface area contributed by atoms with Crippen molar-refractivity contribution in [3.63, 3.8) is 0 Å². The van der Waals surface area contributed by atoms with Gasteiger partial charge in [-0.3, -0.25) is 4.79 Å². The average Bonchev–Trinajstić information content (AvgIpc) is 2.93. The summed E-state index contributed by atoms with van der Waals surface area (Å²) in [6.45, 7) is 3.99. The number of carbonyl (C=O) groups is 2. The van der Waals surface area contributed by atoms with Crippen LogP contribution in [0.4, 0.5) is 0 Å². The number of hydrazone groups is 1. The summed E-state index contributed by atoms with van der Waals surface area (Å²) in [5, 5.41) is 5.88. The van der Waals surface area contributed by atoms with Gasteiger partial charge in [0.2, 0.25) is 0 Å². The molecule has 0 bridgehead atoms. The van der Waals surface area contributed by atoms with Crippen molar-refractivity contribution < 1.29 is 23.8 Å². The van der Waals surface area contributed by atoms with E-state index in [0.717, 1.165) is 10.8 Å². The molecule has 4 rings (SSSR count). The molecule has 7 nitrogen and oxygen atoms in total. The molecule has 0 saturated heterocycles. The Morgan fingerprint density at radius 1 is 0.889 bits per heavy atom. The van der Waals surface area contributed by atoms with Crippen LogP contribution >= 0.6 is 0 Å². The maximum atomic E-state index is 12.8. The quantitative estimate of drug-likeness (QED) is 0.114. The highest BCUT2D eigenvalue weighted by molar-refractivity contribution is 6.04. The summed E-state index contributed by atoms with van der Waals surface area (Å²) in [4.78, 5) is 25.3. The highest BCUT2D eigenvalue weighted by Crippen LogP contribution is 2.27. The molecule has 0 heterocycles. The molecule has 36 heavy (non-hydrogen) atoms. The van der Waals surface area contributed by atoms with Gasteiger partial charge in [0, 0.05) is 11.1 Å². The fourth-order valence-electron chi connectivity index (χ4n) is 3.46. The first-order chi connectivity index (χ1) is 17.6. The minimum Gasteiger partial charge on any atom is -0.497 e. The van der Waals surface area contributed by atoms with Crippen LogP contribution in [0.2, 0.25) is 0 Å². The lowest BCUT2D eigenvalue weighted by molar-refractivity contribution is 0.0734. The van der Waals surface area contributed by atoms with Gasteiger partial charge in [-0.15, -0.1) is 0 Å². The Bertz CT molecular complexity index is 1410. The second-order valence-corrected chi connectivity index (χ2v) is 7.64. The van der Waals surface area contributed by atoms with Crippen molar-refractivity contribution in [1.29, 1.82) is 0 Å².